The van der Waals surface area contributed by atoms with E-state index in [1.54, 1.807) is 28.4 Å². The van der Waals surface area contributed by atoms with Gasteiger partial charge in [-0.3, -0.25) is 0 Å². The van der Waals surface area contributed by atoms with Crippen LogP contribution in [-0.2, 0) is 30.0 Å². The third-order valence-electron chi connectivity index (χ3n) is 5.28. The zero-order chi connectivity index (χ0) is 25.4. The summed E-state index contributed by atoms with van der Waals surface area (Å²) in [5.74, 6) is 0. The van der Waals surface area contributed by atoms with Crippen molar-refractivity contribution < 1.29 is 30.0 Å². The SMILES string of the molecule is CCCCCCC[Si](OC)(OC)O[Si](C)(C)O[Si](C)(C)O[Si](CCCNCCN)(OC)OC. The maximum Gasteiger partial charge on any atom is 0.491 e. The Labute approximate surface area is 207 Å². The van der Waals surface area contributed by atoms with Crippen LogP contribution in [0.1, 0.15) is 45.4 Å². The lowest BCUT2D eigenvalue weighted by atomic mass is 10.2. The Balaban J connectivity index is 5.11. The lowest BCUT2D eigenvalue weighted by molar-refractivity contribution is 0.129. The summed E-state index contributed by atoms with van der Waals surface area (Å²) in [6.07, 6.45) is 6.75. The Morgan fingerprint density at radius 1 is 0.606 bits per heavy atom. The monoisotopic (exact) mass is 544 g/mol. The van der Waals surface area contributed by atoms with E-state index in [1.165, 1.54) is 19.3 Å². The number of hydrogen-bond acceptors (Lipinski definition) is 9. The van der Waals surface area contributed by atoms with Crippen molar-refractivity contribution in [3.63, 3.8) is 0 Å². The van der Waals surface area contributed by atoms with Crippen LogP contribution < -0.4 is 11.1 Å². The molecule has 13 heteroatoms. The molecule has 0 amide bonds. The summed E-state index contributed by atoms with van der Waals surface area (Å²) in [5, 5.41) is 3.30. The van der Waals surface area contributed by atoms with Crippen molar-refractivity contribution in [2.75, 3.05) is 48.1 Å². The largest absolute Gasteiger partial charge is 0.491 e. The smallest absolute Gasteiger partial charge is 0.416 e. The van der Waals surface area contributed by atoms with Crippen LogP contribution in [0.25, 0.3) is 0 Å². The third kappa shape index (κ3) is 14.0. The van der Waals surface area contributed by atoms with Crippen molar-refractivity contribution in [1.82, 2.24) is 5.32 Å². The topological polar surface area (TPSA) is 103 Å². The van der Waals surface area contributed by atoms with Gasteiger partial charge in [-0.05, 0) is 45.6 Å². The van der Waals surface area contributed by atoms with E-state index in [1.807, 2.05) is 26.2 Å². The second-order valence-electron chi connectivity index (χ2n) is 9.09. The van der Waals surface area contributed by atoms with E-state index in [0.29, 0.717) is 12.6 Å². The van der Waals surface area contributed by atoms with Gasteiger partial charge in [0.15, 0.2) is 0 Å². The molecule has 0 rings (SSSR count). The molecule has 200 valence electrons. The molecule has 0 aromatic carbocycles. The molecule has 3 N–H and O–H groups in total. The van der Waals surface area contributed by atoms with E-state index < -0.39 is 34.7 Å². The Hall–Kier alpha value is 0.508. The molecule has 0 aliphatic rings. The highest BCUT2D eigenvalue weighted by atomic mass is 28.5. The summed E-state index contributed by atoms with van der Waals surface area (Å²) < 4.78 is 42.9. The predicted octanol–water partition coefficient (Wildman–Crippen LogP) is 3.81. The van der Waals surface area contributed by atoms with Crippen molar-refractivity contribution >= 4 is 34.7 Å². The first-order valence-corrected chi connectivity index (χ1v) is 21.7. The van der Waals surface area contributed by atoms with Crippen LogP contribution in [0.5, 0.6) is 0 Å². The lowest BCUT2D eigenvalue weighted by Gasteiger charge is -2.41. The zero-order valence-corrected chi connectivity index (χ0v) is 26.7. The molecule has 0 bridgehead atoms. The molecule has 0 saturated heterocycles. The Bertz CT molecular complexity index is 455. The average molecular weight is 545 g/mol. The minimum Gasteiger partial charge on any atom is -0.416 e. The highest BCUT2D eigenvalue weighted by molar-refractivity contribution is 6.86. The van der Waals surface area contributed by atoms with Crippen LogP contribution in [0.3, 0.4) is 0 Å². The van der Waals surface area contributed by atoms with E-state index in [-0.39, 0.29) is 0 Å². The Morgan fingerprint density at radius 3 is 1.48 bits per heavy atom. The van der Waals surface area contributed by atoms with E-state index in [2.05, 4.69) is 12.2 Å². The molecule has 0 aliphatic heterocycles. The van der Waals surface area contributed by atoms with Gasteiger partial charge in [-0.15, -0.1) is 0 Å². The predicted molar refractivity (Wildman–Crippen MR) is 143 cm³/mol. The lowest BCUT2D eigenvalue weighted by Crippen LogP contribution is -2.60. The summed E-state index contributed by atoms with van der Waals surface area (Å²) in [4.78, 5) is 0. The first-order valence-electron chi connectivity index (χ1n) is 12.2. The molecule has 0 aromatic rings. The van der Waals surface area contributed by atoms with Gasteiger partial charge in [-0.1, -0.05) is 32.6 Å². The second kappa shape index (κ2) is 17.0. The maximum absolute atomic E-state index is 6.58. The van der Waals surface area contributed by atoms with Crippen LogP contribution in [-0.4, -0.2) is 82.8 Å². The van der Waals surface area contributed by atoms with Crippen LogP contribution in [0, 0.1) is 0 Å². The van der Waals surface area contributed by atoms with Gasteiger partial charge in [0, 0.05) is 53.6 Å². The molecule has 0 unspecified atom stereocenters. The standard InChI is InChI=1S/C20H52N2O7Si4/c1-10-11-12-13-14-19-32(23-2,24-3)28-30(6,7)27-31(8,9)29-33(25-4,26-5)20-15-17-22-18-16-21/h22H,10-21H2,1-9H3. The third-order valence-corrected chi connectivity index (χ3v) is 20.1. The quantitative estimate of drug-likeness (QED) is 0.155. The second-order valence-corrected chi connectivity index (χ2v) is 22.5. The maximum atomic E-state index is 6.58. The fourth-order valence-electron chi connectivity index (χ4n) is 3.83. The summed E-state index contributed by atoms with van der Waals surface area (Å²) >= 11 is 0. The molecular formula is C20H52N2O7Si4. The highest BCUT2D eigenvalue weighted by Gasteiger charge is 2.51. The molecule has 0 heterocycles. The molecule has 33 heavy (non-hydrogen) atoms. The van der Waals surface area contributed by atoms with Gasteiger partial charge in [0.1, 0.15) is 0 Å². The molecule has 0 spiro atoms. The van der Waals surface area contributed by atoms with E-state index in [4.69, 9.17) is 35.8 Å². The average Bonchev–Trinajstić information content (AvgIpc) is 2.76. The highest BCUT2D eigenvalue weighted by Crippen LogP contribution is 2.29. The Morgan fingerprint density at radius 2 is 1.06 bits per heavy atom. The normalized spacial score (nSPS) is 13.6. The summed E-state index contributed by atoms with van der Waals surface area (Å²) in [6, 6.07) is 1.49. The number of unbranched alkanes of at least 4 members (excludes halogenated alkanes) is 4. The van der Waals surface area contributed by atoms with Gasteiger partial charge in [0.05, 0.1) is 0 Å². The van der Waals surface area contributed by atoms with Gasteiger partial charge in [-0.2, -0.15) is 0 Å². The van der Waals surface area contributed by atoms with Crippen LogP contribution >= 0.6 is 0 Å². The van der Waals surface area contributed by atoms with Gasteiger partial charge in [0.2, 0.25) is 0 Å². The van der Waals surface area contributed by atoms with Gasteiger partial charge in [0.25, 0.3) is 0 Å². The van der Waals surface area contributed by atoms with Crippen LogP contribution in [0.15, 0.2) is 0 Å². The number of nitrogens with two attached hydrogens (primary N) is 1. The molecule has 0 radical (unpaired) electrons. The van der Waals surface area contributed by atoms with E-state index in [9.17, 15) is 0 Å². The summed E-state index contributed by atoms with van der Waals surface area (Å²) in [7, 11) is -4.30. The molecular weight excluding hydrogens is 493 g/mol. The minimum absolute atomic E-state index is 0.619. The van der Waals surface area contributed by atoms with Gasteiger partial charge in [-0.25, -0.2) is 0 Å². The first-order chi connectivity index (χ1) is 15.5. The van der Waals surface area contributed by atoms with Crippen LogP contribution in [0.2, 0.25) is 38.3 Å². The molecule has 0 atom stereocenters. The fourth-order valence-corrected chi connectivity index (χ4v) is 20.2. The van der Waals surface area contributed by atoms with Crippen molar-refractivity contribution in [3.8, 4) is 0 Å². The number of nitrogens with one attached hydrogen (secondary N) is 1. The zero-order valence-electron chi connectivity index (χ0n) is 22.7. The summed E-state index contributed by atoms with van der Waals surface area (Å²) in [5.41, 5.74) is 5.54. The molecule has 0 fully saturated rings. The molecule has 0 aromatic heterocycles. The van der Waals surface area contributed by atoms with E-state index >= 15 is 0 Å². The van der Waals surface area contributed by atoms with Gasteiger partial charge < -0.3 is 41.1 Å². The van der Waals surface area contributed by atoms with Gasteiger partial charge >= 0.3 is 34.7 Å². The molecule has 0 saturated carbocycles. The fraction of sp³-hybridized carbons (Fsp3) is 1.00. The van der Waals surface area contributed by atoms with Crippen molar-refractivity contribution in [3.05, 3.63) is 0 Å². The van der Waals surface area contributed by atoms with Crippen molar-refractivity contribution in [2.24, 2.45) is 5.73 Å². The number of hydrogen-bond donors (Lipinski definition) is 2. The molecule has 9 nitrogen and oxygen atoms in total. The first kappa shape index (κ1) is 33.5. The molecule has 0 aliphatic carbocycles. The number of rotatable bonds is 22. The minimum atomic E-state index is -2.87. The van der Waals surface area contributed by atoms with Crippen LogP contribution in [0.4, 0.5) is 0 Å². The van der Waals surface area contributed by atoms with Crippen molar-refractivity contribution in [2.45, 2.75) is 83.7 Å². The Kier molecular flexibility index (Phi) is 17.3. The van der Waals surface area contributed by atoms with Crippen molar-refractivity contribution in [1.29, 1.82) is 0 Å². The van der Waals surface area contributed by atoms with E-state index in [0.717, 1.165) is 38.4 Å². The summed E-state index contributed by atoms with van der Waals surface area (Å²) in [6.45, 7) is 12.6.